The summed E-state index contributed by atoms with van der Waals surface area (Å²) in [4.78, 5) is 0. The fourth-order valence-corrected chi connectivity index (χ4v) is 4.15. The van der Waals surface area contributed by atoms with Gasteiger partial charge in [-0.05, 0) is 50.1 Å². The monoisotopic (exact) mass is 407 g/mol. The molecule has 3 aromatic rings. The zero-order valence-corrected chi connectivity index (χ0v) is 16.9. The summed E-state index contributed by atoms with van der Waals surface area (Å²) in [6.45, 7) is 4.61. The first-order valence-electron chi connectivity index (χ1n) is 9.92. The van der Waals surface area contributed by atoms with Gasteiger partial charge in [0.05, 0.1) is 17.1 Å². The Hall–Kier alpha value is -3.00. The van der Waals surface area contributed by atoms with Crippen LogP contribution in [0.2, 0.25) is 0 Å². The third-order valence-corrected chi connectivity index (χ3v) is 5.60. The van der Waals surface area contributed by atoms with Gasteiger partial charge in [-0.3, -0.25) is 5.21 Å². The molecular weight excluding hydrogens is 383 g/mol. The molecule has 0 bridgehead atoms. The molecule has 6 nitrogen and oxygen atoms in total. The van der Waals surface area contributed by atoms with Gasteiger partial charge in [-0.2, -0.15) is 5.10 Å². The van der Waals surface area contributed by atoms with Gasteiger partial charge in [0, 0.05) is 29.8 Å². The standard InChI is InChI=1S/C23H24FN4O2/c1-15-23(16(2)27(26-15)21-5-3-4-6-22(21)28(29)30)18-9-12-20(13-18)25-14-17-7-10-19(24)11-8-17/h3-12,18,20,25,29H,13-14H2,1-2H3/q-1/t18-,20-/m1/s1. The molecule has 0 aliphatic heterocycles. The molecule has 0 radical (unpaired) electrons. The first kappa shape index (κ1) is 20.3. The molecule has 2 atom stereocenters. The Morgan fingerprint density at radius 3 is 2.63 bits per heavy atom. The summed E-state index contributed by atoms with van der Waals surface area (Å²) < 4.78 is 14.8. The summed E-state index contributed by atoms with van der Waals surface area (Å²) >= 11 is 0. The van der Waals surface area contributed by atoms with E-state index in [9.17, 15) is 14.8 Å². The highest BCUT2D eigenvalue weighted by atomic mass is 19.1. The number of hydrogen-bond acceptors (Lipinski definition) is 5. The summed E-state index contributed by atoms with van der Waals surface area (Å²) in [7, 11) is 0. The number of benzene rings is 2. The van der Waals surface area contributed by atoms with Crippen LogP contribution in [0.5, 0.6) is 0 Å². The Labute approximate surface area is 174 Å². The Bertz CT molecular complexity index is 1060. The smallest absolute Gasteiger partial charge is 0.123 e. The summed E-state index contributed by atoms with van der Waals surface area (Å²) in [5.74, 6) is -0.0282. The molecule has 1 aromatic heterocycles. The SMILES string of the molecule is Cc1nn(-c2ccccc2N([O-])O)c(C)c1[C@@H]1C=C[C@@H](NCc2ccc(F)cc2)C1. The van der Waals surface area contributed by atoms with Crippen LogP contribution in [0.25, 0.3) is 5.69 Å². The Morgan fingerprint density at radius 1 is 1.17 bits per heavy atom. The molecule has 156 valence electrons. The third kappa shape index (κ3) is 4.00. The average Bonchev–Trinajstić information content (AvgIpc) is 3.31. The van der Waals surface area contributed by atoms with Crippen LogP contribution in [0, 0.1) is 24.9 Å². The van der Waals surface area contributed by atoms with Gasteiger partial charge in [0.1, 0.15) is 5.82 Å². The van der Waals surface area contributed by atoms with Gasteiger partial charge in [0.25, 0.3) is 0 Å². The molecule has 1 aliphatic carbocycles. The number of halogens is 1. The maximum Gasteiger partial charge on any atom is 0.123 e. The molecule has 0 fully saturated rings. The highest BCUT2D eigenvalue weighted by Gasteiger charge is 2.26. The van der Waals surface area contributed by atoms with E-state index in [2.05, 4.69) is 22.6 Å². The molecule has 4 rings (SSSR count). The molecule has 0 saturated carbocycles. The number of aromatic nitrogens is 2. The number of rotatable bonds is 6. The molecule has 0 amide bonds. The number of para-hydroxylation sites is 2. The van der Waals surface area contributed by atoms with Crippen molar-refractivity contribution in [2.24, 2.45) is 0 Å². The summed E-state index contributed by atoms with van der Waals surface area (Å²) in [5, 5.41) is 29.0. The fraction of sp³-hybridized carbons (Fsp3) is 0.261. The Balaban J connectivity index is 1.51. The van der Waals surface area contributed by atoms with Crippen molar-refractivity contribution in [1.29, 1.82) is 0 Å². The number of allylic oxidation sites excluding steroid dienone is 1. The fourth-order valence-electron chi connectivity index (χ4n) is 4.15. The quantitative estimate of drug-likeness (QED) is 0.464. The second-order valence-corrected chi connectivity index (χ2v) is 7.60. The number of nitrogens with one attached hydrogen (secondary N) is 1. The first-order chi connectivity index (χ1) is 14.4. The molecular formula is C23H24FN4O2-. The minimum atomic E-state index is -0.231. The van der Waals surface area contributed by atoms with Crippen LogP contribution in [0.4, 0.5) is 10.1 Å². The van der Waals surface area contributed by atoms with E-state index in [0.717, 1.165) is 28.9 Å². The van der Waals surface area contributed by atoms with Crippen LogP contribution < -0.4 is 10.5 Å². The lowest BCUT2D eigenvalue weighted by Gasteiger charge is -2.24. The maximum absolute atomic E-state index is 13.1. The minimum Gasteiger partial charge on any atom is -0.733 e. The van der Waals surface area contributed by atoms with Crippen LogP contribution in [0.15, 0.2) is 60.7 Å². The van der Waals surface area contributed by atoms with Crippen molar-refractivity contribution in [2.45, 2.75) is 38.8 Å². The van der Waals surface area contributed by atoms with Gasteiger partial charge >= 0.3 is 0 Å². The van der Waals surface area contributed by atoms with Crippen LogP contribution in [-0.2, 0) is 6.54 Å². The van der Waals surface area contributed by atoms with Crippen molar-refractivity contribution >= 4 is 5.69 Å². The molecule has 30 heavy (non-hydrogen) atoms. The van der Waals surface area contributed by atoms with E-state index in [4.69, 9.17) is 0 Å². The molecule has 1 aliphatic rings. The van der Waals surface area contributed by atoms with E-state index in [-0.39, 0.29) is 28.7 Å². The Morgan fingerprint density at radius 2 is 1.90 bits per heavy atom. The first-order valence-corrected chi connectivity index (χ1v) is 9.92. The van der Waals surface area contributed by atoms with Crippen molar-refractivity contribution < 1.29 is 9.60 Å². The van der Waals surface area contributed by atoms with Gasteiger partial charge in [0.2, 0.25) is 0 Å². The van der Waals surface area contributed by atoms with Gasteiger partial charge in [0.15, 0.2) is 0 Å². The predicted octanol–water partition coefficient (Wildman–Crippen LogP) is 4.52. The van der Waals surface area contributed by atoms with Crippen molar-refractivity contribution in [3.63, 3.8) is 0 Å². The molecule has 2 aromatic carbocycles. The van der Waals surface area contributed by atoms with Gasteiger partial charge in [-0.25, -0.2) is 9.07 Å². The highest BCUT2D eigenvalue weighted by Crippen LogP contribution is 2.35. The molecule has 0 spiro atoms. The lowest BCUT2D eigenvalue weighted by Crippen LogP contribution is -2.25. The van der Waals surface area contributed by atoms with Crippen LogP contribution in [0.3, 0.4) is 0 Å². The predicted molar refractivity (Wildman–Crippen MR) is 114 cm³/mol. The molecule has 1 heterocycles. The maximum atomic E-state index is 13.1. The van der Waals surface area contributed by atoms with Crippen molar-refractivity contribution in [2.75, 3.05) is 5.23 Å². The van der Waals surface area contributed by atoms with E-state index in [1.807, 2.05) is 19.9 Å². The van der Waals surface area contributed by atoms with Crippen LogP contribution in [-0.4, -0.2) is 21.0 Å². The second-order valence-electron chi connectivity index (χ2n) is 7.60. The van der Waals surface area contributed by atoms with Gasteiger partial charge in [-0.1, -0.05) is 36.4 Å². The third-order valence-electron chi connectivity index (χ3n) is 5.60. The van der Waals surface area contributed by atoms with Crippen molar-refractivity contribution in [3.05, 3.63) is 94.2 Å². The lowest BCUT2D eigenvalue weighted by molar-refractivity contribution is 0.296. The molecule has 7 heteroatoms. The number of aryl methyl sites for hydroxylation is 1. The van der Waals surface area contributed by atoms with Crippen molar-refractivity contribution in [1.82, 2.24) is 15.1 Å². The summed E-state index contributed by atoms with van der Waals surface area (Å²) in [5.41, 5.74) is 4.69. The van der Waals surface area contributed by atoms with E-state index in [0.29, 0.717) is 12.2 Å². The number of anilines is 1. The summed E-state index contributed by atoms with van der Waals surface area (Å²) in [6.07, 6.45) is 5.23. The molecule has 2 N–H and O–H groups in total. The zero-order chi connectivity index (χ0) is 21.3. The van der Waals surface area contributed by atoms with E-state index < -0.39 is 0 Å². The van der Waals surface area contributed by atoms with Crippen molar-refractivity contribution in [3.8, 4) is 5.69 Å². The topological polar surface area (TPSA) is 76.4 Å². The number of nitrogens with zero attached hydrogens (tertiary/aromatic N) is 3. The largest absolute Gasteiger partial charge is 0.733 e. The van der Waals surface area contributed by atoms with E-state index in [1.54, 1.807) is 35.0 Å². The van der Waals surface area contributed by atoms with Gasteiger partial charge in [-0.15, -0.1) is 0 Å². The number of hydrogen-bond donors (Lipinski definition) is 2. The Kier molecular flexibility index (Phi) is 5.67. The summed E-state index contributed by atoms with van der Waals surface area (Å²) in [6, 6.07) is 13.6. The van der Waals surface area contributed by atoms with Crippen LogP contribution >= 0.6 is 0 Å². The average molecular weight is 407 g/mol. The van der Waals surface area contributed by atoms with Crippen LogP contribution in [0.1, 0.15) is 34.9 Å². The normalized spacial score (nSPS) is 18.2. The zero-order valence-electron chi connectivity index (χ0n) is 16.9. The molecule has 0 unspecified atom stereocenters. The highest BCUT2D eigenvalue weighted by molar-refractivity contribution is 5.62. The second kappa shape index (κ2) is 8.39. The minimum absolute atomic E-state index is 0.129. The lowest BCUT2D eigenvalue weighted by atomic mass is 9.96. The molecule has 0 saturated heterocycles. The van der Waals surface area contributed by atoms with Gasteiger partial charge < -0.3 is 15.8 Å². The van der Waals surface area contributed by atoms with E-state index >= 15 is 0 Å². The van der Waals surface area contributed by atoms with E-state index in [1.165, 1.54) is 12.1 Å².